The number of likely N-dealkylation sites (N-methyl/N-ethyl adjacent to an activating group) is 1. The highest BCUT2D eigenvalue weighted by Gasteiger charge is 2.32. The zero-order valence-electron chi connectivity index (χ0n) is 19.7. The molecule has 0 spiro atoms. The number of nitro benzene ring substituents is 1. The molecule has 0 aliphatic carbocycles. The van der Waals surface area contributed by atoms with Gasteiger partial charge in [-0.3, -0.25) is 24.0 Å². The third-order valence-electron chi connectivity index (χ3n) is 5.22. The van der Waals surface area contributed by atoms with Gasteiger partial charge in [0.25, 0.3) is 5.69 Å². The van der Waals surface area contributed by atoms with Gasteiger partial charge in [0.1, 0.15) is 29.8 Å². The summed E-state index contributed by atoms with van der Waals surface area (Å²) in [5.74, 6) is -1.70. The average Bonchev–Trinajstić information content (AvgIpc) is 2.82. The van der Waals surface area contributed by atoms with Gasteiger partial charge in [0.2, 0.25) is 21.8 Å². The van der Waals surface area contributed by atoms with Crippen LogP contribution in [0.25, 0.3) is 0 Å². The number of benzene rings is 2. The molecule has 0 heterocycles. The molecule has 11 nitrogen and oxygen atoms in total. The van der Waals surface area contributed by atoms with Gasteiger partial charge in [-0.15, -0.1) is 0 Å². The number of amides is 2. The normalized spacial score (nSPS) is 11.9. The van der Waals surface area contributed by atoms with E-state index in [1.54, 1.807) is 6.92 Å². The first-order chi connectivity index (χ1) is 16.4. The molecule has 0 radical (unpaired) electrons. The van der Waals surface area contributed by atoms with Crippen LogP contribution in [0.4, 0.5) is 15.8 Å². The van der Waals surface area contributed by atoms with Gasteiger partial charge < -0.3 is 15.0 Å². The number of sulfonamides is 1. The van der Waals surface area contributed by atoms with Crippen LogP contribution in [0, 0.1) is 15.9 Å². The second kappa shape index (κ2) is 11.6. The van der Waals surface area contributed by atoms with E-state index in [1.165, 1.54) is 49.4 Å². The number of ether oxygens (including phenoxy) is 1. The first-order valence-corrected chi connectivity index (χ1v) is 12.3. The van der Waals surface area contributed by atoms with Crippen molar-refractivity contribution >= 4 is 33.2 Å². The molecule has 13 heteroatoms. The molecule has 0 aliphatic heterocycles. The van der Waals surface area contributed by atoms with Crippen LogP contribution in [-0.2, 0) is 26.2 Å². The first kappa shape index (κ1) is 27.5. The fraction of sp³-hybridized carbons (Fsp3) is 0.364. The van der Waals surface area contributed by atoms with E-state index in [-0.39, 0.29) is 24.4 Å². The lowest BCUT2D eigenvalue weighted by Gasteiger charge is -2.32. The van der Waals surface area contributed by atoms with Gasteiger partial charge in [-0.1, -0.05) is 19.1 Å². The predicted molar refractivity (Wildman–Crippen MR) is 127 cm³/mol. The van der Waals surface area contributed by atoms with Gasteiger partial charge in [-0.25, -0.2) is 12.8 Å². The van der Waals surface area contributed by atoms with Crippen LogP contribution < -0.4 is 14.4 Å². The molecule has 0 saturated carbocycles. The zero-order chi connectivity index (χ0) is 26.3. The molecule has 2 amide bonds. The van der Waals surface area contributed by atoms with Gasteiger partial charge in [-0.05, 0) is 30.2 Å². The lowest BCUT2D eigenvalue weighted by molar-refractivity contribution is -0.384. The van der Waals surface area contributed by atoms with E-state index < -0.39 is 50.9 Å². The number of hydrogen-bond donors (Lipinski definition) is 1. The summed E-state index contributed by atoms with van der Waals surface area (Å²) in [6, 6.07) is 7.72. The van der Waals surface area contributed by atoms with E-state index in [0.29, 0.717) is 9.87 Å². The number of nitrogens with zero attached hydrogens (tertiary/aromatic N) is 3. The van der Waals surface area contributed by atoms with E-state index in [9.17, 15) is 32.5 Å². The van der Waals surface area contributed by atoms with E-state index in [2.05, 4.69) is 5.32 Å². The van der Waals surface area contributed by atoms with Crippen molar-refractivity contribution in [3.8, 4) is 5.75 Å². The number of halogens is 1. The van der Waals surface area contributed by atoms with Gasteiger partial charge in [0, 0.05) is 25.7 Å². The summed E-state index contributed by atoms with van der Waals surface area (Å²) < 4.78 is 44.6. The van der Waals surface area contributed by atoms with E-state index in [4.69, 9.17) is 4.74 Å². The summed E-state index contributed by atoms with van der Waals surface area (Å²) >= 11 is 0. The van der Waals surface area contributed by atoms with Gasteiger partial charge >= 0.3 is 0 Å². The number of hydrogen-bond acceptors (Lipinski definition) is 7. The highest BCUT2D eigenvalue weighted by Crippen LogP contribution is 2.34. The van der Waals surface area contributed by atoms with Crippen LogP contribution in [0.2, 0.25) is 0 Å². The van der Waals surface area contributed by atoms with Crippen LogP contribution in [0.5, 0.6) is 5.75 Å². The third-order valence-corrected chi connectivity index (χ3v) is 6.35. The largest absolute Gasteiger partial charge is 0.495 e. The molecule has 0 fully saturated rings. The molecule has 0 saturated heterocycles. The Hall–Kier alpha value is -3.74. The molecule has 0 bridgehead atoms. The summed E-state index contributed by atoms with van der Waals surface area (Å²) in [6.07, 6.45) is 1.06. The number of rotatable bonds is 11. The molecule has 2 rings (SSSR count). The minimum Gasteiger partial charge on any atom is -0.495 e. The van der Waals surface area contributed by atoms with Crippen molar-refractivity contribution < 1.29 is 32.1 Å². The summed E-state index contributed by atoms with van der Waals surface area (Å²) in [6.45, 7) is 0.822. The Kier molecular flexibility index (Phi) is 9.12. The van der Waals surface area contributed by atoms with Gasteiger partial charge in [0.15, 0.2) is 0 Å². The molecule has 2 aromatic carbocycles. The average molecular weight is 511 g/mol. The van der Waals surface area contributed by atoms with Crippen molar-refractivity contribution in [1.29, 1.82) is 0 Å². The maximum atomic E-state index is 13.5. The van der Waals surface area contributed by atoms with Crippen molar-refractivity contribution in [3.63, 3.8) is 0 Å². The second-order valence-electron chi connectivity index (χ2n) is 7.57. The molecule has 0 unspecified atom stereocenters. The van der Waals surface area contributed by atoms with Crippen LogP contribution in [0.15, 0.2) is 42.5 Å². The fourth-order valence-corrected chi connectivity index (χ4v) is 4.30. The third kappa shape index (κ3) is 6.88. The molecule has 1 atom stereocenters. The maximum Gasteiger partial charge on any atom is 0.271 e. The molecule has 0 aromatic heterocycles. The lowest BCUT2D eigenvalue weighted by Crippen LogP contribution is -2.51. The van der Waals surface area contributed by atoms with Crippen LogP contribution in [0.3, 0.4) is 0 Å². The number of anilines is 1. The van der Waals surface area contributed by atoms with Gasteiger partial charge in [0.05, 0.1) is 18.3 Å². The van der Waals surface area contributed by atoms with Crippen LogP contribution >= 0.6 is 0 Å². The maximum absolute atomic E-state index is 13.5. The lowest BCUT2D eigenvalue weighted by atomic mass is 10.1. The molecular formula is C22H27FN4O7S. The number of nitro groups is 1. The Morgan fingerprint density at radius 3 is 2.31 bits per heavy atom. The standard InChI is InChI=1S/C22H27FN4O7S/c1-5-18(22(29)24-2)25(13-15-6-8-16(23)9-7-15)21(28)14-26(35(4,32)33)19-12-17(27(30)31)10-11-20(19)34-3/h6-12,18H,5,13-14H2,1-4H3,(H,24,29)/t18-/m0/s1. The highest BCUT2D eigenvalue weighted by atomic mass is 32.2. The fourth-order valence-electron chi connectivity index (χ4n) is 3.45. The second-order valence-corrected chi connectivity index (χ2v) is 9.48. The molecular weight excluding hydrogens is 483 g/mol. The number of non-ortho nitro benzene ring substituents is 1. The van der Waals surface area contributed by atoms with Crippen molar-refractivity contribution in [1.82, 2.24) is 10.2 Å². The summed E-state index contributed by atoms with van der Waals surface area (Å²) in [4.78, 5) is 37.7. The quantitative estimate of drug-likeness (QED) is 0.361. The number of carbonyl (C=O) groups excluding carboxylic acids is 2. The van der Waals surface area contributed by atoms with Crippen LogP contribution in [0.1, 0.15) is 18.9 Å². The molecule has 35 heavy (non-hydrogen) atoms. The minimum absolute atomic E-state index is 0.00254. The van der Waals surface area contributed by atoms with Crippen molar-refractivity contribution in [2.45, 2.75) is 25.9 Å². The summed E-state index contributed by atoms with van der Waals surface area (Å²) in [7, 11) is -1.46. The first-order valence-electron chi connectivity index (χ1n) is 10.5. The summed E-state index contributed by atoms with van der Waals surface area (Å²) in [5, 5.41) is 13.7. The minimum atomic E-state index is -4.13. The summed E-state index contributed by atoms with van der Waals surface area (Å²) in [5.41, 5.74) is -0.0879. The highest BCUT2D eigenvalue weighted by molar-refractivity contribution is 7.92. The Morgan fingerprint density at radius 1 is 1.20 bits per heavy atom. The molecule has 190 valence electrons. The van der Waals surface area contributed by atoms with E-state index in [1.807, 2.05) is 0 Å². The topological polar surface area (TPSA) is 139 Å². The number of carbonyl (C=O) groups is 2. The Bertz CT molecular complexity index is 1190. The van der Waals surface area contributed by atoms with Crippen molar-refractivity contribution in [2.24, 2.45) is 0 Å². The van der Waals surface area contributed by atoms with Crippen LogP contribution in [-0.4, -0.2) is 63.1 Å². The molecule has 2 aromatic rings. The molecule has 0 aliphatic rings. The van der Waals surface area contributed by atoms with Gasteiger partial charge in [-0.2, -0.15) is 0 Å². The Labute approximate surface area is 202 Å². The Balaban J connectivity index is 2.54. The van der Waals surface area contributed by atoms with E-state index in [0.717, 1.165) is 18.4 Å². The Morgan fingerprint density at radius 2 is 1.83 bits per heavy atom. The van der Waals surface area contributed by atoms with Crippen molar-refractivity contribution in [3.05, 3.63) is 64.0 Å². The predicted octanol–water partition coefficient (Wildman–Crippen LogP) is 2.06. The molecule has 1 N–H and O–H groups in total. The van der Waals surface area contributed by atoms with E-state index >= 15 is 0 Å². The number of methoxy groups -OCH3 is 1. The zero-order valence-corrected chi connectivity index (χ0v) is 20.5. The SMILES string of the molecule is CC[C@@H](C(=O)NC)N(Cc1ccc(F)cc1)C(=O)CN(c1cc([N+](=O)[O-])ccc1OC)S(C)(=O)=O. The van der Waals surface area contributed by atoms with Crippen molar-refractivity contribution in [2.75, 3.05) is 31.3 Å². The monoisotopic (exact) mass is 510 g/mol. The smallest absolute Gasteiger partial charge is 0.271 e. The number of nitrogens with one attached hydrogen (secondary N) is 1.